The maximum Gasteiger partial charge on any atom is 0.141 e. The van der Waals surface area contributed by atoms with Crippen molar-refractivity contribution in [3.8, 4) is 0 Å². The average Bonchev–Trinajstić information content (AvgIpc) is 2.53. The number of hydrogen-bond acceptors (Lipinski definition) is 2. The van der Waals surface area contributed by atoms with E-state index in [-0.39, 0.29) is 17.8 Å². The van der Waals surface area contributed by atoms with Crippen LogP contribution in [0.5, 0.6) is 0 Å². The maximum atomic E-state index is 11.8. The van der Waals surface area contributed by atoms with Crippen LogP contribution in [0.4, 0.5) is 0 Å². The van der Waals surface area contributed by atoms with Gasteiger partial charge in [-0.1, -0.05) is 11.6 Å². The molecular weight excluding hydrogens is 164 g/mol. The molecule has 3 aliphatic rings. The van der Waals surface area contributed by atoms with Crippen LogP contribution in [0.2, 0.25) is 0 Å². The summed E-state index contributed by atoms with van der Waals surface area (Å²) in [5.74, 6) is 1.18. The molecule has 0 heterocycles. The summed E-state index contributed by atoms with van der Waals surface area (Å²) in [6, 6.07) is 0. The number of hydrogen-bond donors (Lipinski definition) is 0. The third-order valence-electron chi connectivity index (χ3n) is 4.00. The molecule has 4 unspecified atom stereocenters. The Morgan fingerprint density at radius 1 is 1.23 bits per heavy atom. The van der Waals surface area contributed by atoms with Crippen LogP contribution in [0.15, 0.2) is 11.6 Å². The van der Waals surface area contributed by atoms with E-state index in [1.807, 2.05) is 0 Å². The molecule has 0 amide bonds. The van der Waals surface area contributed by atoms with Crippen LogP contribution in [0.25, 0.3) is 0 Å². The second kappa shape index (κ2) is 2.11. The second-order valence-corrected chi connectivity index (χ2v) is 4.52. The fourth-order valence-electron chi connectivity index (χ4n) is 3.45. The monoisotopic (exact) mass is 176 g/mol. The molecule has 0 N–H and O–H groups in total. The fourth-order valence-corrected chi connectivity index (χ4v) is 3.45. The molecule has 0 aromatic rings. The van der Waals surface area contributed by atoms with Crippen LogP contribution in [0.3, 0.4) is 0 Å². The number of rotatable bonds is 0. The summed E-state index contributed by atoms with van der Waals surface area (Å²) in [7, 11) is 0. The minimum absolute atomic E-state index is 0.0555. The summed E-state index contributed by atoms with van der Waals surface area (Å²) in [5.41, 5.74) is 1.28. The third-order valence-corrected chi connectivity index (χ3v) is 4.00. The van der Waals surface area contributed by atoms with Crippen LogP contribution in [0, 0.1) is 23.7 Å². The first-order chi connectivity index (χ1) is 6.20. The Morgan fingerprint density at radius 2 is 2.00 bits per heavy atom. The van der Waals surface area contributed by atoms with Gasteiger partial charge in [0.15, 0.2) is 0 Å². The number of allylic oxidation sites excluding steroid dienone is 2. The molecule has 3 aliphatic carbocycles. The molecule has 0 spiro atoms. The van der Waals surface area contributed by atoms with E-state index >= 15 is 0 Å². The lowest BCUT2D eigenvalue weighted by Crippen LogP contribution is -2.29. The van der Waals surface area contributed by atoms with E-state index in [0.29, 0.717) is 23.9 Å². The predicted molar refractivity (Wildman–Crippen MR) is 47.0 cm³/mol. The average molecular weight is 176 g/mol. The van der Waals surface area contributed by atoms with Crippen molar-refractivity contribution in [1.29, 1.82) is 0 Å². The Morgan fingerprint density at radius 3 is 2.69 bits per heavy atom. The highest BCUT2D eigenvalue weighted by molar-refractivity contribution is 6.03. The molecule has 0 saturated heterocycles. The van der Waals surface area contributed by atoms with Gasteiger partial charge in [-0.15, -0.1) is 0 Å². The van der Waals surface area contributed by atoms with Crippen LogP contribution >= 0.6 is 0 Å². The van der Waals surface area contributed by atoms with Gasteiger partial charge < -0.3 is 0 Å². The van der Waals surface area contributed by atoms with Crippen molar-refractivity contribution in [2.24, 2.45) is 23.7 Å². The van der Waals surface area contributed by atoms with Gasteiger partial charge in [0.1, 0.15) is 11.6 Å². The SMILES string of the molecule is CC1=CCC2C(=O)C3CC(=O)C2C13. The Labute approximate surface area is 77.0 Å². The first kappa shape index (κ1) is 7.48. The largest absolute Gasteiger partial charge is 0.299 e. The molecule has 2 saturated carbocycles. The van der Waals surface area contributed by atoms with Gasteiger partial charge in [-0.05, 0) is 13.3 Å². The molecule has 2 nitrogen and oxygen atoms in total. The Hall–Kier alpha value is -0.920. The molecule has 0 aromatic carbocycles. The van der Waals surface area contributed by atoms with Gasteiger partial charge in [-0.2, -0.15) is 0 Å². The Balaban J connectivity index is 2.14. The normalized spacial score (nSPS) is 47.0. The summed E-state index contributed by atoms with van der Waals surface area (Å²) in [6.07, 6.45) is 3.49. The minimum Gasteiger partial charge on any atom is -0.299 e. The lowest BCUT2D eigenvalue weighted by atomic mass is 9.79. The fraction of sp³-hybridized carbons (Fsp3) is 0.636. The Kier molecular flexibility index (Phi) is 1.22. The molecule has 2 heteroatoms. The summed E-state index contributed by atoms with van der Waals surface area (Å²) < 4.78 is 0. The molecule has 0 aromatic heterocycles. The quantitative estimate of drug-likeness (QED) is 0.522. The Bertz CT molecular complexity index is 340. The molecule has 68 valence electrons. The van der Waals surface area contributed by atoms with Gasteiger partial charge in [-0.25, -0.2) is 0 Å². The predicted octanol–water partition coefficient (Wildman–Crippen LogP) is 1.36. The van der Waals surface area contributed by atoms with Crippen LogP contribution in [-0.2, 0) is 9.59 Å². The highest BCUT2D eigenvalue weighted by Gasteiger charge is 2.59. The zero-order valence-electron chi connectivity index (χ0n) is 7.62. The molecule has 4 bridgehead atoms. The smallest absolute Gasteiger partial charge is 0.141 e. The number of Topliss-reactive ketones (excluding diaryl/α,β-unsaturated/α-hetero) is 2. The van der Waals surface area contributed by atoms with Gasteiger partial charge in [-0.3, -0.25) is 9.59 Å². The van der Waals surface area contributed by atoms with E-state index in [0.717, 1.165) is 6.42 Å². The van der Waals surface area contributed by atoms with Crippen molar-refractivity contribution in [2.75, 3.05) is 0 Å². The summed E-state index contributed by atoms with van der Waals surface area (Å²) in [6.45, 7) is 2.07. The molecule has 4 atom stereocenters. The van der Waals surface area contributed by atoms with Crippen LogP contribution in [0.1, 0.15) is 19.8 Å². The molecule has 0 aliphatic heterocycles. The first-order valence-electron chi connectivity index (χ1n) is 4.93. The zero-order chi connectivity index (χ0) is 9.16. The van der Waals surface area contributed by atoms with E-state index in [1.165, 1.54) is 5.57 Å². The standard InChI is InChI=1S/C11H12O2/c1-5-2-3-6-10-8(12)4-7(9(5)10)11(6)13/h2,6-7,9-10H,3-4H2,1H3. The van der Waals surface area contributed by atoms with E-state index in [9.17, 15) is 9.59 Å². The number of carbonyl (C=O) groups excluding carboxylic acids is 2. The van der Waals surface area contributed by atoms with Crippen molar-refractivity contribution < 1.29 is 9.59 Å². The van der Waals surface area contributed by atoms with Gasteiger partial charge in [0, 0.05) is 30.1 Å². The third kappa shape index (κ3) is 0.702. The van der Waals surface area contributed by atoms with Crippen molar-refractivity contribution in [2.45, 2.75) is 19.8 Å². The van der Waals surface area contributed by atoms with Crippen LogP contribution in [-0.4, -0.2) is 11.6 Å². The van der Waals surface area contributed by atoms with E-state index in [1.54, 1.807) is 0 Å². The van der Waals surface area contributed by atoms with Crippen molar-refractivity contribution in [1.82, 2.24) is 0 Å². The topological polar surface area (TPSA) is 34.1 Å². The van der Waals surface area contributed by atoms with Crippen LogP contribution < -0.4 is 0 Å². The first-order valence-corrected chi connectivity index (χ1v) is 4.93. The minimum atomic E-state index is 0.0555. The second-order valence-electron chi connectivity index (χ2n) is 4.52. The molecule has 0 radical (unpaired) electrons. The lowest BCUT2D eigenvalue weighted by molar-refractivity contribution is -0.133. The number of ketones is 2. The van der Waals surface area contributed by atoms with E-state index < -0.39 is 0 Å². The van der Waals surface area contributed by atoms with Gasteiger partial charge in [0.2, 0.25) is 0 Å². The number of carbonyl (C=O) groups is 2. The molecule has 3 rings (SSSR count). The lowest BCUT2D eigenvalue weighted by Gasteiger charge is -2.23. The summed E-state index contributed by atoms with van der Waals surface area (Å²) in [5, 5.41) is 0. The zero-order valence-corrected chi connectivity index (χ0v) is 7.62. The molecule has 2 fully saturated rings. The van der Waals surface area contributed by atoms with E-state index in [4.69, 9.17) is 0 Å². The van der Waals surface area contributed by atoms with Gasteiger partial charge in [0.25, 0.3) is 0 Å². The van der Waals surface area contributed by atoms with Gasteiger partial charge in [0.05, 0.1) is 0 Å². The highest BCUT2D eigenvalue weighted by Crippen LogP contribution is 2.55. The summed E-state index contributed by atoms with van der Waals surface area (Å²) in [4.78, 5) is 23.3. The van der Waals surface area contributed by atoms with Crippen molar-refractivity contribution >= 4 is 11.6 Å². The summed E-state index contributed by atoms with van der Waals surface area (Å²) >= 11 is 0. The molecular formula is C11H12O2. The maximum absolute atomic E-state index is 11.8. The van der Waals surface area contributed by atoms with Crippen molar-refractivity contribution in [3.05, 3.63) is 11.6 Å². The van der Waals surface area contributed by atoms with Crippen molar-refractivity contribution in [3.63, 3.8) is 0 Å². The molecule has 13 heavy (non-hydrogen) atoms. The van der Waals surface area contributed by atoms with Gasteiger partial charge >= 0.3 is 0 Å². The highest BCUT2D eigenvalue weighted by atomic mass is 16.1. The van der Waals surface area contributed by atoms with E-state index in [2.05, 4.69) is 13.0 Å².